The van der Waals surface area contributed by atoms with Gasteiger partial charge in [-0.15, -0.1) is 21.5 Å². The molecule has 0 fully saturated rings. The molecule has 1 N–H and O–H groups in total. The Kier molecular flexibility index (Phi) is 8.70. The van der Waals surface area contributed by atoms with Crippen LogP contribution in [0.1, 0.15) is 38.0 Å². The van der Waals surface area contributed by atoms with Crippen molar-refractivity contribution < 1.29 is 22.7 Å². The lowest BCUT2D eigenvalue weighted by Gasteiger charge is -2.13. The minimum atomic E-state index is -4.44. The number of aromatic nitrogens is 4. The van der Waals surface area contributed by atoms with Gasteiger partial charge in [0.25, 0.3) is 5.91 Å². The fourth-order valence-corrected chi connectivity index (χ4v) is 5.84. The molecular weight excluding hydrogens is 571 g/mol. The lowest BCUT2D eigenvalue weighted by Crippen LogP contribution is -2.23. The second-order valence-electron chi connectivity index (χ2n) is 8.86. The first kappa shape index (κ1) is 28.4. The highest BCUT2D eigenvalue weighted by Crippen LogP contribution is 2.32. The maximum Gasteiger partial charge on any atom is 0.416 e. The third kappa shape index (κ3) is 6.95. The largest absolute Gasteiger partial charge is 0.495 e. The van der Waals surface area contributed by atoms with E-state index in [1.165, 1.54) is 35.2 Å². The molecule has 41 heavy (non-hydrogen) atoms. The van der Waals surface area contributed by atoms with Crippen LogP contribution in [-0.4, -0.2) is 32.8 Å². The van der Waals surface area contributed by atoms with Gasteiger partial charge in [0.2, 0.25) is 0 Å². The molecule has 0 aliphatic carbocycles. The number of carbonyl (C=O) groups excluding carboxylic acids is 1. The fourth-order valence-electron chi connectivity index (χ4n) is 4.08. The lowest BCUT2D eigenvalue weighted by molar-refractivity contribution is -0.137. The first-order valence-electron chi connectivity index (χ1n) is 12.4. The molecule has 0 aliphatic rings. The summed E-state index contributed by atoms with van der Waals surface area (Å²) in [5.74, 6) is 1.40. The average Bonchev–Trinajstić information content (AvgIpc) is 3.62. The van der Waals surface area contributed by atoms with Crippen molar-refractivity contribution in [2.24, 2.45) is 0 Å². The van der Waals surface area contributed by atoms with E-state index in [2.05, 4.69) is 20.5 Å². The summed E-state index contributed by atoms with van der Waals surface area (Å²) in [6.07, 6.45) is -3.88. The first-order chi connectivity index (χ1) is 19.8. The van der Waals surface area contributed by atoms with E-state index in [0.29, 0.717) is 33.7 Å². The quantitative estimate of drug-likeness (QED) is 0.184. The summed E-state index contributed by atoms with van der Waals surface area (Å²) >= 11 is 2.75. The number of thiazole rings is 1. The van der Waals surface area contributed by atoms with Gasteiger partial charge in [0.15, 0.2) is 5.16 Å². The third-order valence-corrected chi connectivity index (χ3v) is 8.02. The van der Waals surface area contributed by atoms with Gasteiger partial charge < -0.3 is 10.1 Å². The van der Waals surface area contributed by atoms with Crippen molar-refractivity contribution in [3.63, 3.8) is 0 Å². The van der Waals surface area contributed by atoms with Crippen molar-refractivity contribution in [2.45, 2.75) is 30.1 Å². The number of amides is 1. The van der Waals surface area contributed by atoms with E-state index in [0.717, 1.165) is 29.2 Å². The number of nitrogens with zero attached hydrogens (tertiary/aromatic N) is 4. The number of benzene rings is 3. The van der Waals surface area contributed by atoms with Crippen molar-refractivity contribution in [1.29, 1.82) is 0 Å². The van der Waals surface area contributed by atoms with E-state index in [4.69, 9.17) is 4.74 Å². The van der Waals surface area contributed by atoms with Crippen LogP contribution in [0.5, 0.6) is 5.75 Å². The van der Waals surface area contributed by atoms with Crippen LogP contribution in [0.25, 0.3) is 5.69 Å². The van der Waals surface area contributed by atoms with Gasteiger partial charge in [0.1, 0.15) is 22.3 Å². The van der Waals surface area contributed by atoms with Crippen molar-refractivity contribution >= 4 is 29.0 Å². The standard InChI is InChI=1S/C29H24F3N5O2S2/c1-39-24-13-6-5-12-23(24)37-25(15-19-8-3-2-4-9-19)35-36-28(37)41-18-26-34-22(17-40-26)27(38)33-16-20-10-7-11-21(14-20)29(30,31)32/h2-14,17H,15-16,18H2,1H3,(H,33,38). The number of nitrogens with one attached hydrogen (secondary N) is 1. The van der Waals surface area contributed by atoms with Gasteiger partial charge in [-0.1, -0.05) is 66.4 Å². The zero-order valence-corrected chi connectivity index (χ0v) is 23.4. The summed E-state index contributed by atoms with van der Waals surface area (Å²) in [6.45, 7) is -0.0451. The van der Waals surface area contributed by atoms with Gasteiger partial charge in [-0.3, -0.25) is 9.36 Å². The summed E-state index contributed by atoms with van der Waals surface area (Å²) < 4.78 is 46.5. The van der Waals surface area contributed by atoms with Crippen LogP contribution in [0, 0.1) is 0 Å². The Bertz CT molecular complexity index is 1640. The molecule has 0 saturated carbocycles. The highest BCUT2D eigenvalue weighted by Gasteiger charge is 2.30. The highest BCUT2D eigenvalue weighted by atomic mass is 32.2. The minimum absolute atomic E-state index is 0.0451. The smallest absolute Gasteiger partial charge is 0.416 e. The second kappa shape index (κ2) is 12.6. The van der Waals surface area contributed by atoms with E-state index in [1.807, 2.05) is 59.2 Å². The van der Waals surface area contributed by atoms with Crippen molar-refractivity contribution in [3.8, 4) is 11.4 Å². The molecule has 0 bridgehead atoms. The number of rotatable bonds is 10. The van der Waals surface area contributed by atoms with Crippen molar-refractivity contribution in [2.75, 3.05) is 7.11 Å². The lowest BCUT2D eigenvalue weighted by atomic mass is 10.1. The van der Waals surface area contributed by atoms with Crippen LogP contribution >= 0.6 is 23.1 Å². The Labute approximate surface area is 242 Å². The zero-order valence-electron chi connectivity index (χ0n) is 21.8. The van der Waals surface area contributed by atoms with Gasteiger partial charge >= 0.3 is 6.18 Å². The van der Waals surface area contributed by atoms with E-state index in [-0.39, 0.29) is 12.2 Å². The molecule has 0 unspecified atom stereocenters. The first-order valence-corrected chi connectivity index (χ1v) is 14.3. The molecule has 0 atom stereocenters. The van der Waals surface area contributed by atoms with Crippen molar-refractivity contribution in [3.05, 3.63) is 117 Å². The Hall–Kier alpha value is -4.16. The van der Waals surface area contributed by atoms with Crippen LogP contribution in [0.2, 0.25) is 0 Å². The predicted molar refractivity (Wildman–Crippen MR) is 151 cm³/mol. The van der Waals surface area contributed by atoms with Gasteiger partial charge in [-0.05, 0) is 35.4 Å². The number of alkyl halides is 3. The van der Waals surface area contributed by atoms with E-state index >= 15 is 0 Å². The highest BCUT2D eigenvalue weighted by molar-refractivity contribution is 7.98. The Morgan fingerprint density at radius 1 is 1.00 bits per heavy atom. The summed E-state index contributed by atoms with van der Waals surface area (Å²) in [4.78, 5) is 17.1. The van der Waals surface area contributed by atoms with E-state index < -0.39 is 17.6 Å². The average molecular weight is 596 g/mol. The normalized spacial score (nSPS) is 11.4. The Balaban J connectivity index is 1.29. The number of para-hydroxylation sites is 2. The van der Waals surface area contributed by atoms with Crippen LogP contribution in [0.3, 0.4) is 0 Å². The number of carbonyl (C=O) groups is 1. The number of methoxy groups -OCH3 is 1. The third-order valence-electron chi connectivity index (χ3n) is 6.05. The van der Waals surface area contributed by atoms with E-state index in [9.17, 15) is 18.0 Å². The number of halogens is 3. The maximum absolute atomic E-state index is 13.0. The van der Waals surface area contributed by atoms with Crippen LogP contribution < -0.4 is 10.1 Å². The number of thioether (sulfide) groups is 1. The topological polar surface area (TPSA) is 81.9 Å². The molecule has 12 heteroatoms. The molecule has 1 amide bonds. The predicted octanol–water partition coefficient (Wildman–Crippen LogP) is 6.56. The molecule has 0 spiro atoms. The minimum Gasteiger partial charge on any atom is -0.495 e. The molecule has 2 aromatic heterocycles. The summed E-state index contributed by atoms with van der Waals surface area (Å²) in [6, 6.07) is 22.5. The molecule has 3 aromatic carbocycles. The molecular formula is C29H24F3N5O2S2. The summed E-state index contributed by atoms with van der Waals surface area (Å²) in [7, 11) is 1.61. The monoisotopic (exact) mass is 595 g/mol. The molecule has 2 heterocycles. The Morgan fingerprint density at radius 2 is 1.76 bits per heavy atom. The van der Waals surface area contributed by atoms with Crippen LogP contribution in [0.15, 0.2) is 89.4 Å². The van der Waals surface area contributed by atoms with Gasteiger partial charge in [-0.25, -0.2) is 4.98 Å². The molecule has 5 aromatic rings. The van der Waals surface area contributed by atoms with Gasteiger partial charge in [0, 0.05) is 18.3 Å². The number of hydrogen-bond acceptors (Lipinski definition) is 7. The van der Waals surface area contributed by atoms with Crippen LogP contribution in [0.4, 0.5) is 13.2 Å². The Morgan fingerprint density at radius 3 is 2.54 bits per heavy atom. The maximum atomic E-state index is 13.0. The van der Waals surface area contributed by atoms with Gasteiger partial charge in [-0.2, -0.15) is 13.2 Å². The molecule has 7 nitrogen and oxygen atoms in total. The molecule has 0 radical (unpaired) electrons. The molecule has 210 valence electrons. The zero-order chi connectivity index (χ0) is 28.8. The molecule has 5 rings (SSSR count). The summed E-state index contributed by atoms with van der Waals surface area (Å²) in [5.41, 5.74) is 1.69. The second-order valence-corrected chi connectivity index (χ2v) is 10.7. The summed E-state index contributed by atoms with van der Waals surface area (Å²) in [5, 5.41) is 14.5. The fraction of sp³-hybridized carbons (Fsp3) is 0.172. The van der Waals surface area contributed by atoms with Gasteiger partial charge in [0.05, 0.1) is 24.1 Å². The molecule has 0 saturated heterocycles. The van der Waals surface area contributed by atoms with Crippen molar-refractivity contribution in [1.82, 2.24) is 25.1 Å². The molecule has 0 aliphatic heterocycles. The SMILES string of the molecule is COc1ccccc1-n1c(Cc2ccccc2)nnc1SCc1nc(C(=O)NCc2cccc(C(F)(F)F)c2)cs1. The number of ether oxygens (including phenoxy) is 1. The van der Waals surface area contributed by atoms with E-state index in [1.54, 1.807) is 12.5 Å². The number of hydrogen-bond donors (Lipinski definition) is 1. The van der Waals surface area contributed by atoms with Crippen LogP contribution in [-0.2, 0) is 24.9 Å².